The Kier molecular flexibility index (Phi) is 5.33. The van der Waals surface area contributed by atoms with Crippen molar-refractivity contribution in [3.8, 4) is 11.4 Å². The molecule has 27 heavy (non-hydrogen) atoms. The molecule has 6 nitrogen and oxygen atoms in total. The van der Waals surface area contributed by atoms with Gasteiger partial charge >= 0.3 is 0 Å². The molecule has 4 rings (SSSR count). The van der Waals surface area contributed by atoms with Gasteiger partial charge in [0.2, 0.25) is 5.91 Å². The van der Waals surface area contributed by atoms with Crippen LogP contribution in [0, 0.1) is 0 Å². The van der Waals surface area contributed by atoms with Gasteiger partial charge in [-0.15, -0.1) is 10.2 Å². The third-order valence-corrected chi connectivity index (χ3v) is 5.54. The molecule has 0 atom stereocenters. The first-order chi connectivity index (χ1) is 13.1. The van der Waals surface area contributed by atoms with Gasteiger partial charge in [0.15, 0.2) is 11.0 Å². The fourth-order valence-corrected chi connectivity index (χ4v) is 3.78. The molecule has 138 valence electrons. The predicted octanol–water partition coefficient (Wildman–Crippen LogP) is 4.71. The largest absolute Gasteiger partial charge is 0.324 e. The molecule has 2 heterocycles. The number of benzene rings is 1. The molecular formula is C18H15Cl2N5OS. The monoisotopic (exact) mass is 419 g/mol. The number of anilines is 1. The Balaban J connectivity index is 1.48. The number of nitrogens with zero attached hydrogens (tertiary/aromatic N) is 4. The lowest BCUT2D eigenvalue weighted by Crippen LogP contribution is -2.15. The molecule has 1 aromatic carbocycles. The van der Waals surface area contributed by atoms with E-state index in [1.807, 2.05) is 12.1 Å². The van der Waals surface area contributed by atoms with Gasteiger partial charge in [0, 0.05) is 29.0 Å². The minimum absolute atomic E-state index is 0.183. The number of amides is 1. The van der Waals surface area contributed by atoms with E-state index in [1.165, 1.54) is 11.8 Å². The van der Waals surface area contributed by atoms with Crippen molar-refractivity contribution in [1.29, 1.82) is 0 Å². The van der Waals surface area contributed by atoms with Crippen LogP contribution in [0.25, 0.3) is 11.4 Å². The van der Waals surface area contributed by atoms with Crippen molar-refractivity contribution in [2.45, 2.75) is 24.0 Å². The molecule has 1 saturated carbocycles. The SMILES string of the molecule is O=C(CSc1nnc(-c2cccnc2)n1C1CC1)Nc1cc(Cl)ccc1Cl. The average molecular weight is 420 g/mol. The summed E-state index contributed by atoms with van der Waals surface area (Å²) in [4.78, 5) is 16.5. The van der Waals surface area contributed by atoms with Crippen LogP contribution < -0.4 is 5.32 Å². The molecule has 1 aliphatic carbocycles. The first-order valence-electron chi connectivity index (χ1n) is 8.35. The third-order valence-electron chi connectivity index (χ3n) is 4.03. The Bertz CT molecular complexity index is 975. The van der Waals surface area contributed by atoms with Crippen LogP contribution in [0.1, 0.15) is 18.9 Å². The van der Waals surface area contributed by atoms with Gasteiger partial charge in [-0.05, 0) is 43.2 Å². The first kappa shape index (κ1) is 18.3. The van der Waals surface area contributed by atoms with Crippen LogP contribution in [0.2, 0.25) is 10.0 Å². The van der Waals surface area contributed by atoms with Crippen LogP contribution in [0.15, 0.2) is 47.9 Å². The number of aromatic nitrogens is 4. The topological polar surface area (TPSA) is 72.7 Å². The smallest absolute Gasteiger partial charge is 0.234 e. The fourth-order valence-electron chi connectivity index (χ4n) is 2.64. The van der Waals surface area contributed by atoms with Crippen molar-refractivity contribution in [3.63, 3.8) is 0 Å². The van der Waals surface area contributed by atoms with E-state index < -0.39 is 0 Å². The van der Waals surface area contributed by atoms with Gasteiger partial charge in [-0.25, -0.2) is 0 Å². The van der Waals surface area contributed by atoms with Crippen molar-refractivity contribution < 1.29 is 4.79 Å². The summed E-state index contributed by atoms with van der Waals surface area (Å²) < 4.78 is 2.10. The van der Waals surface area contributed by atoms with Crippen molar-refractivity contribution in [1.82, 2.24) is 19.7 Å². The van der Waals surface area contributed by atoms with E-state index in [0.717, 1.165) is 29.4 Å². The quantitative estimate of drug-likeness (QED) is 0.585. The number of thioether (sulfide) groups is 1. The van der Waals surface area contributed by atoms with Crippen LogP contribution in [0.4, 0.5) is 5.69 Å². The summed E-state index contributed by atoms with van der Waals surface area (Å²) in [5.41, 5.74) is 1.41. The average Bonchev–Trinajstić information content (AvgIpc) is 3.43. The van der Waals surface area contributed by atoms with Crippen molar-refractivity contribution in [2.75, 3.05) is 11.1 Å². The normalized spacial score (nSPS) is 13.6. The number of halogens is 2. The predicted molar refractivity (Wildman–Crippen MR) is 107 cm³/mol. The number of carbonyl (C=O) groups is 1. The third kappa shape index (κ3) is 4.26. The highest BCUT2D eigenvalue weighted by molar-refractivity contribution is 7.99. The van der Waals surface area contributed by atoms with Gasteiger partial charge in [0.25, 0.3) is 0 Å². The molecule has 1 N–H and O–H groups in total. The van der Waals surface area contributed by atoms with Gasteiger partial charge in [-0.3, -0.25) is 14.3 Å². The van der Waals surface area contributed by atoms with Crippen LogP contribution in [0.3, 0.4) is 0 Å². The molecule has 1 aliphatic rings. The van der Waals surface area contributed by atoms with Crippen LogP contribution in [-0.4, -0.2) is 31.4 Å². The molecular weight excluding hydrogens is 405 g/mol. The minimum Gasteiger partial charge on any atom is -0.324 e. The van der Waals surface area contributed by atoms with Crippen LogP contribution >= 0.6 is 35.0 Å². The van der Waals surface area contributed by atoms with Crippen LogP contribution in [0.5, 0.6) is 0 Å². The molecule has 0 bridgehead atoms. The zero-order valence-electron chi connectivity index (χ0n) is 14.1. The summed E-state index contributed by atoms with van der Waals surface area (Å²) in [6, 6.07) is 9.15. The number of nitrogens with one attached hydrogen (secondary N) is 1. The van der Waals surface area contributed by atoms with E-state index in [0.29, 0.717) is 21.8 Å². The molecule has 0 saturated heterocycles. The van der Waals surface area contributed by atoms with Gasteiger partial charge < -0.3 is 5.32 Å². The highest BCUT2D eigenvalue weighted by atomic mass is 35.5. The van der Waals surface area contributed by atoms with E-state index in [4.69, 9.17) is 23.2 Å². The molecule has 9 heteroatoms. The second-order valence-electron chi connectivity index (χ2n) is 6.11. The maximum Gasteiger partial charge on any atom is 0.234 e. The summed E-state index contributed by atoms with van der Waals surface area (Å²) in [5.74, 6) is 0.796. The minimum atomic E-state index is -0.183. The summed E-state index contributed by atoms with van der Waals surface area (Å²) in [6.07, 6.45) is 5.67. The maximum atomic E-state index is 12.3. The number of rotatable bonds is 6. The Labute approximate surface area is 170 Å². The molecule has 2 aromatic heterocycles. The fraction of sp³-hybridized carbons (Fsp3) is 0.222. The lowest BCUT2D eigenvalue weighted by atomic mass is 10.3. The molecule has 1 fully saturated rings. The zero-order chi connectivity index (χ0) is 18.8. The van der Waals surface area contributed by atoms with Gasteiger partial charge in [-0.2, -0.15) is 0 Å². The van der Waals surface area contributed by atoms with Gasteiger partial charge in [0.1, 0.15) is 0 Å². The summed E-state index contributed by atoms with van der Waals surface area (Å²) in [7, 11) is 0. The van der Waals surface area contributed by atoms with Gasteiger partial charge in [-0.1, -0.05) is 35.0 Å². The number of carbonyl (C=O) groups excluding carboxylic acids is 1. The summed E-state index contributed by atoms with van der Waals surface area (Å²) in [6.45, 7) is 0. The lowest BCUT2D eigenvalue weighted by molar-refractivity contribution is -0.113. The standard InChI is InChI=1S/C18H15Cl2N5OS/c19-12-3-6-14(20)15(8-12)22-16(26)10-27-18-24-23-17(25(18)13-4-5-13)11-2-1-7-21-9-11/h1-3,6-9,13H,4-5,10H2,(H,22,26). The highest BCUT2D eigenvalue weighted by Crippen LogP contribution is 2.41. The van der Waals surface area contributed by atoms with E-state index in [2.05, 4.69) is 25.1 Å². The molecule has 0 radical (unpaired) electrons. The Hall–Kier alpha value is -2.09. The van der Waals surface area contributed by atoms with Crippen molar-refractivity contribution >= 4 is 46.6 Å². The van der Waals surface area contributed by atoms with Crippen LogP contribution in [-0.2, 0) is 4.79 Å². The molecule has 0 spiro atoms. The second kappa shape index (κ2) is 7.88. The highest BCUT2D eigenvalue weighted by Gasteiger charge is 2.30. The van der Waals surface area contributed by atoms with E-state index >= 15 is 0 Å². The summed E-state index contributed by atoms with van der Waals surface area (Å²) >= 11 is 13.4. The van der Waals surface area contributed by atoms with E-state index in [9.17, 15) is 4.79 Å². The number of pyridine rings is 1. The van der Waals surface area contributed by atoms with E-state index in [1.54, 1.807) is 30.6 Å². The zero-order valence-corrected chi connectivity index (χ0v) is 16.4. The Morgan fingerprint density at radius 2 is 2.11 bits per heavy atom. The maximum absolute atomic E-state index is 12.3. The molecule has 1 amide bonds. The molecule has 3 aromatic rings. The van der Waals surface area contributed by atoms with Crippen molar-refractivity contribution in [3.05, 3.63) is 52.8 Å². The second-order valence-corrected chi connectivity index (χ2v) is 7.90. The Morgan fingerprint density at radius 3 is 2.85 bits per heavy atom. The first-order valence-corrected chi connectivity index (χ1v) is 10.1. The van der Waals surface area contributed by atoms with E-state index in [-0.39, 0.29) is 11.7 Å². The van der Waals surface area contributed by atoms with Gasteiger partial charge in [0.05, 0.1) is 16.5 Å². The molecule has 0 unspecified atom stereocenters. The number of hydrogen-bond donors (Lipinski definition) is 1. The van der Waals surface area contributed by atoms with Crippen molar-refractivity contribution in [2.24, 2.45) is 0 Å². The number of hydrogen-bond acceptors (Lipinski definition) is 5. The Morgan fingerprint density at radius 1 is 1.26 bits per heavy atom. The summed E-state index contributed by atoms with van der Waals surface area (Å²) in [5, 5.41) is 13.1. The molecule has 0 aliphatic heterocycles. The lowest BCUT2D eigenvalue weighted by Gasteiger charge is -2.09.